The summed E-state index contributed by atoms with van der Waals surface area (Å²) in [5.74, 6) is 0.199. The van der Waals surface area contributed by atoms with Crippen LogP contribution in [0.4, 0.5) is 0 Å². The average Bonchev–Trinajstić information content (AvgIpc) is 3.27. The van der Waals surface area contributed by atoms with Gasteiger partial charge in [-0.3, -0.25) is 4.79 Å². The van der Waals surface area contributed by atoms with Gasteiger partial charge in [-0.2, -0.15) is 0 Å². The Labute approximate surface area is 171 Å². The lowest BCUT2D eigenvalue weighted by molar-refractivity contribution is -0.128. The van der Waals surface area contributed by atoms with E-state index in [9.17, 15) is 9.90 Å². The van der Waals surface area contributed by atoms with Crippen molar-refractivity contribution in [2.24, 2.45) is 0 Å². The van der Waals surface area contributed by atoms with Crippen molar-refractivity contribution < 1.29 is 15.0 Å². The van der Waals surface area contributed by atoms with Crippen LogP contribution in [0.1, 0.15) is 40.1 Å². The molecule has 2 aromatic rings. The number of hydrogen-bond donors (Lipinski definition) is 2. The molecular formula is C23H29NO3S. The summed E-state index contributed by atoms with van der Waals surface area (Å²) in [5, 5.41) is 19.5. The van der Waals surface area contributed by atoms with Crippen molar-refractivity contribution in [3.05, 3.63) is 69.4 Å². The molecule has 150 valence electrons. The molecule has 1 fully saturated rings. The number of benzene rings is 1. The minimum Gasteiger partial charge on any atom is -0.391 e. The van der Waals surface area contributed by atoms with Crippen molar-refractivity contribution in [2.75, 3.05) is 6.54 Å². The summed E-state index contributed by atoms with van der Waals surface area (Å²) in [6, 6.07) is 12.3. The highest BCUT2D eigenvalue weighted by molar-refractivity contribution is 7.11. The molecule has 28 heavy (non-hydrogen) atoms. The number of aliphatic hydroxyl groups is 2. The number of rotatable bonds is 9. The van der Waals surface area contributed by atoms with Gasteiger partial charge >= 0.3 is 0 Å². The second kappa shape index (κ2) is 10.0. The topological polar surface area (TPSA) is 60.8 Å². The molecule has 0 aliphatic carbocycles. The maximum atomic E-state index is 12.2. The number of amides is 1. The van der Waals surface area contributed by atoms with E-state index in [2.05, 4.69) is 25.1 Å². The first-order valence-corrected chi connectivity index (χ1v) is 10.8. The number of nitrogens with zero attached hydrogens (tertiary/aromatic N) is 1. The minimum atomic E-state index is -0.539. The van der Waals surface area contributed by atoms with Gasteiger partial charge in [0.2, 0.25) is 5.91 Å². The van der Waals surface area contributed by atoms with Crippen LogP contribution in [0.3, 0.4) is 0 Å². The van der Waals surface area contributed by atoms with Crippen LogP contribution >= 0.6 is 11.3 Å². The van der Waals surface area contributed by atoms with E-state index in [0.717, 1.165) is 36.2 Å². The maximum absolute atomic E-state index is 12.2. The second-order valence-electron chi connectivity index (χ2n) is 7.47. The zero-order chi connectivity index (χ0) is 19.9. The predicted octanol–water partition coefficient (Wildman–Crippen LogP) is 3.63. The summed E-state index contributed by atoms with van der Waals surface area (Å²) < 4.78 is 0. The average molecular weight is 400 g/mol. The molecule has 2 heterocycles. The van der Waals surface area contributed by atoms with Crippen LogP contribution < -0.4 is 0 Å². The van der Waals surface area contributed by atoms with E-state index in [0.29, 0.717) is 12.8 Å². The molecule has 2 atom stereocenters. The summed E-state index contributed by atoms with van der Waals surface area (Å²) in [5.41, 5.74) is 2.31. The van der Waals surface area contributed by atoms with Crippen LogP contribution in [0.25, 0.3) is 0 Å². The number of carbonyl (C=O) groups is 1. The summed E-state index contributed by atoms with van der Waals surface area (Å²) in [6.45, 7) is 2.87. The quantitative estimate of drug-likeness (QED) is 0.633. The molecule has 1 aromatic heterocycles. The molecule has 5 heteroatoms. The third-order valence-corrected chi connectivity index (χ3v) is 6.28. The zero-order valence-corrected chi connectivity index (χ0v) is 17.2. The number of aliphatic hydroxyl groups excluding tert-OH is 2. The molecule has 0 unspecified atom stereocenters. The molecule has 1 aromatic carbocycles. The van der Waals surface area contributed by atoms with Crippen molar-refractivity contribution in [1.82, 2.24) is 4.90 Å². The third-order valence-electron chi connectivity index (χ3n) is 5.15. The van der Waals surface area contributed by atoms with E-state index in [4.69, 9.17) is 5.11 Å². The molecule has 3 rings (SSSR count). The molecular weight excluding hydrogens is 370 g/mol. The van der Waals surface area contributed by atoms with Gasteiger partial charge in [-0.1, -0.05) is 42.0 Å². The third kappa shape index (κ3) is 5.77. The molecule has 1 aliphatic rings. The Kier molecular flexibility index (Phi) is 7.43. The van der Waals surface area contributed by atoms with Crippen molar-refractivity contribution >= 4 is 17.2 Å². The highest BCUT2D eigenvalue weighted by atomic mass is 32.1. The Morgan fingerprint density at radius 2 is 2.11 bits per heavy atom. The van der Waals surface area contributed by atoms with E-state index in [1.807, 2.05) is 35.3 Å². The fraction of sp³-hybridized carbons (Fsp3) is 0.435. The number of thiophene rings is 1. The highest BCUT2D eigenvalue weighted by Crippen LogP contribution is 2.22. The van der Waals surface area contributed by atoms with E-state index >= 15 is 0 Å². The number of likely N-dealkylation sites (tertiary alicyclic amines) is 1. The smallest absolute Gasteiger partial charge is 0.223 e. The summed E-state index contributed by atoms with van der Waals surface area (Å²) in [7, 11) is 0. The van der Waals surface area contributed by atoms with Crippen molar-refractivity contribution in [3.8, 4) is 0 Å². The van der Waals surface area contributed by atoms with Gasteiger partial charge < -0.3 is 15.1 Å². The molecule has 0 saturated carbocycles. The molecule has 1 aliphatic heterocycles. The maximum Gasteiger partial charge on any atom is 0.223 e. The Balaban J connectivity index is 1.50. The van der Waals surface area contributed by atoms with Gasteiger partial charge in [0.15, 0.2) is 0 Å². The zero-order valence-electron chi connectivity index (χ0n) is 16.4. The minimum absolute atomic E-state index is 0.0796. The van der Waals surface area contributed by atoms with Crippen molar-refractivity contribution in [2.45, 2.75) is 57.8 Å². The molecule has 4 nitrogen and oxygen atoms in total. The summed E-state index contributed by atoms with van der Waals surface area (Å²) in [6.07, 6.45) is 7.11. The summed E-state index contributed by atoms with van der Waals surface area (Å²) in [4.78, 5) is 16.4. The second-order valence-corrected chi connectivity index (χ2v) is 8.72. The van der Waals surface area contributed by atoms with E-state index in [-0.39, 0.29) is 18.6 Å². The fourth-order valence-corrected chi connectivity index (χ4v) is 4.64. The molecule has 1 saturated heterocycles. The first-order chi connectivity index (χ1) is 13.5. The molecule has 2 N–H and O–H groups in total. The molecule has 0 spiro atoms. The summed E-state index contributed by atoms with van der Waals surface area (Å²) >= 11 is 1.63. The Bertz CT molecular complexity index is 814. The normalized spacial score (nSPS) is 18.3. The molecule has 0 radical (unpaired) electrons. The standard InChI is InChI=1S/C23H29NO3S/c1-17-4-2-5-18(14-17)15-20(26)9-7-19-8-12-23(27)24(19)13-3-6-21-10-11-22(16-25)28-21/h2,4-5,7,9-11,14,19-20,25-26H,3,6,8,12-13,15-16H2,1H3/b9-7+/t19-,20+/m0/s1. The predicted molar refractivity (Wildman–Crippen MR) is 113 cm³/mol. The monoisotopic (exact) mass is 399 g/mol. The van der Waals surface area contributed by atoms with Gasteiger partial charge in [-0.25, -0.2) is 0 Å². The van der Waals surface area contributed by atoms with Crippen LogP contribution in [0.15, 0.2) is 48.6 Å². The van der Waals surface area contributed by atoms with Gasteiger partial charge in [-0.15, -0.1) is 11.3 Å². The molecule has 0 bridgehead atoms. The largest absolute Gasteiger partial charge is 0.391 e. The molecule has 1 amide bonds. The van der Waals surface area contributed by atoms with Gasteiger partial charge in [0.25, 0.3) is 0 Å². The van der Waals surface area contributed by atoms with Crippen molar-refractivity contribution in [3.63, 3.8) is 0 Å². The van der Waals surface area contributed by atoms with E-state index in [1.54, 1.807) is 11.3 Å². The van der Waals surface area contributed by atoms with Crippen LogP contribution in [0, 0.1) is 6.92 Å². The van der Waals surface area contributed by atoms with Gasteiger partial charge in [0.1, 0.15) is 0 Å². The highest BCUT2D eigenvalue weighted by Gasteiger charge is 2.28. The number of aryl methyl sites for hydroxylation is 2. The number of carbonyl (C=O) groups excluding carboxylic acids is 1. The van der Waals surface area contributed by atoms with Crippen LogP contribution in [0.2, 0.25) is 0 Å². The lowest BCUT2D eigenvalue weighted by Gasteiger charge is -2.22. The lowest BCUT2D eigenvalue weighted by atomic mass is 10.0. The fourth-order valence-electron chi connectivity index (χ4n) is 3.72. The van der Waals surface area contributed by atoms with E-state index in [1.165, 1.54) is 10.4 Å². The van der Waals surface area contributed by atoms with Gasteiger partial charge in [-0.05, 0) is 43.9 Å². The van der Waals surface area contributed by atoms with Crippen molar-refractivity contribution in [1.29, 1.82) is 0 Å². The van der Waals surface area contributed by atoms with Gasteiger partial charge in [0, 0.05) is 29.1 Å². The van der Waals surface area contributed by atoms with Gasteiger partial charge in [0.05, 0.1) is 18.8 Å². The van der Waals surface area contributed by atoms with Crippen LogP contribution in [0.5, 0.6) is 0 Å². The first kappa shape index (κ1) is 20.8. The van der Waals surface area contributed by atoms with Crippen LogP contribution in [-0.2, 0) is 24.2 Å². The Morgan fingerprint density at radius 3 is 2.86 bits per heavy atom. The van der Waals surface area contributed by atoms with Crippen LogP contribution in [-0.4, -0.2) is 39.7 Å². The van der Waals surface area contributed by atoms with E-state index < -0.39 is 6.10 Å². The Morgan fingerprint density at radius 1 is 1.29 bits per heavy atom. The Hall–Kier alpha value is -1.95. The number of hydrogen-bond acceptors (Lipinski definition) is 4. The lowest BCUT2D eigenvalue weighted by Crippen LogP contribution is -2.33. The SMILES string of the molecule is Cc1cccc(C[C@H](O)/C=C/[C@H]2CCC(=O)N2CCCc2ccc(CO)s2)c1. The first-order valence-electron chi connectivity index (χ1n) is 9.95.